The van der Waals surface area contributed by atoms with E-state index in [4.69, 9.17) is 4.98 Å². The van der Waals surface area contributed by atoms with E-state index in [1.54, 1.807) is 0 Å². The fourth-order valence-corrected chi connectivity index (χ4v) is 8.52. The molecule has 0 radical (unpaired) electrons. The lowest BCUT2D eigenvalue weighted by Crippen LogP contribution is -2.17. The van der Waals surface area contributed by atoms with E-state index in [2.05, 4.69) is 180 Å². The van der Waals surface area contributed by atoms with Crippen molar-refractivity contribution in [2.75, 3.05) is 4.90 Å². The Kier molecular flexibility index (Phi) is 6.60. The molecule has 2 aliphatic carbocycles. The predicted molar refractivity (Wildman–Crippen MR) is 198 cm³/mol. The van der Waals surface area contributed by atoms with E-state index >= 15 is 0 Å². The summed E-state index contributed by atoms with van der Waals surface area (Å²) in [5.74, 6) is 0. The highest BCUT2D eigenvalue weighted by molar-refractivity contribution is 5.86. The van der Waals surface area contributed by atoms with Crippen molar-refractivity contribution in [2.45, 2.75) is 64.2 Å². The highest BCUT2D eigenvalue weighted by Crippen LogP contribution is 2.52. The molecule has 5 aromatic carbocycles. The molecule has 0 N–H and O–H groups in total. The van der Waals surface area contributed by atoms with Crippen LogP contribution in [0, 0.1) is 0 Å². The number of hydrogen-bond donors (Lipinski definition) is 0. The largest absolute Gasteiger partial charge is 0.310 e. The number of pyridine rings is 1. The first-order valence-electron chi connectivity index (χ1n) is 16.8. The zero-order chi connectivity index (χ0) is 32.6. The minimum absolute atomic E-state index is 0.0818. The van der Waals surface area contributed by atoms with E-state index in [9.17, 15) is 0 Å². The first-order valence-corrected chi connectivity index (χ1v) is 16.8. The fraction of sp³-hybridized carbons (Fsp3) is 0.222. The summed E-state index contributed by atoms with van der Waals surface area (Å²) in [6, 6.07) is 46.7. The molecule has 0 atom stereocenters. The van der Waals surface area contributed by atoms with Gasteiger partial charge in [0.1, 0.15) is 0 Å². The van der Waals surface area contributed by atoms with Crippen LogP contribution in [0.2, 0.25) is 0 Å². The minimum Gasteiger partial charge on any atom is -0.310 e. The maximum absolute atomic E-state index is 5.04. The third-order valence-electron chi connectivity index (χ3n) is 10.7. The van der Waals surface area contributed by atoms with Gasteiger partial charge >= 0.3 is 0 Å². The number of fused-ring (bicyclic) bond motifs is 4. The van der Waals surface area contributed by atoms with Crippen LogP contribution in [0.4, 0.5) is 17.1 Å². The average molecular weight is 611 g/mol. The lowest BCUT2D eigenvalue weighted by atomic mass is 9.82. The molecule has 2 nitrogen and oxygen atoms in total. The molecule has 0 amide bonds. The summed E-state index contributed by atoms with van der Waals surface area (Å²) in [5.41, 5.74) is 16.4. The molecule has 47 heavy (non-hydrogen) atoms. The smallest absolute Gasteiger partial charge is 0.0705 e. The number of aromatic nitrogens is 1. The van der Waals surface area contributed by atoms with E-state index in [-0.39, 0.29) is 16.2 Å². The number of nitrogens with zero attached hydrogens (tertiary/aromatic N) is 2. The van der Waals surface area contributed by atoms with Gasteiger partial charge in [-0.3, -0.25) is 4.98 Å². The van der Waals surface area contributed by atoms with Crippen LogP contribution in [0.5, 0.6) is 0 Å². The molecule has 2 aliphatic rings. The summed E-state index contributed by atoms with van der Waals surface area (Å²) in [7, 11) is 0. The Morgan fingerprint density at radius 1 is 0.468 bits per heavy atom. The van der Waals surface area contributed by atoms with Gasteiger partial charge in [-0.05, 0) is 104 Å². The maximum Gasteiger partial charge on any atom is 0.0705 e. The molecule has 2 heteroatoms. The van der Waals surface area contributed by atoms with Crippen LogP contribution >= 0.6 is 0 Å². The summed E-state index contributed by atoms with van der Waals surface area (Å²) in [5, 5.41) is 0. The molecule has 0 unspecified atom stereocenters. The van der Waals surface area contributed by atoms with Gasteiger partial charge in [-0.1, -0.05) is 126 Å². The number of anilines is 3. The van der Waals surface area contributed by atoms with Gasteiger partial charge in [0.25, 0.3) is 0 Å². The van der Waals surface area contributed by atoms with Crippen LogP contribution in [0.25, 0.3) is 33.5 Å². The molecule has 0 spiro atoms. The molecule has 8 rings (SSSR count). The quantitative estimate of drug-likeness (QED) is 0.193. The summed E-state index contributed by atoms with van der Waals surface area (Å²) in [4.78, 5) is 7.44. The van der Waals surface area contributed by atoms with Crippen LogP contribution in [0.1, 0.15) is 70.2 Å². The summed E-state index contributed by atoms with van der Waals surface area (Å²) in [6.07, 6.45) is 3.26. The van der Waals surface area contributed by atoms with E-state index in [0.717, 1.165) is 34.7 Å². The first kappa shape index (κ1) is 29.5. The van der Waals surface area contributed by atoms with E-state index in [0.29, 0.717) is 0 Å². The van der Waals surface area contributed by atoms with Crippen molar-refractivity contribution in [2.24, 2.45) is 0 Å². The third kappa shape index (κ3) is 4.81. The molecule has 1 aromatic heterocycles. The van der Waals surface area contributed by atoms with Crippen molar-refractivity contribution >= 4 is 17.1 Å². The first-order chi connectivity index (χ1) is 22.5. The normalized spacial score (nSPS) is 16.3. The van der Waals surface area contributed by atoms with Gasteiger partial charge in [0.15, 0.2) is 0 Å². The Morgan fingerprint density at radius 3 is 1.87 bits per heavy atom. The fourth-order valence-electron chi connectivity index (χ4n) is 8.52. The van der Waals surface area contributed by atoms with Crippen molar-refractivity contribution in [3.63, 3.8) is 0 Å². The Labute approximate surface area is 279 Å². The van der Waals surface area contributed by atoms with Gasteiger partial charge in [-0.15, -0.1) is 0 Å². The van der Waals surface area contributed by atoms with Gasteiger partial charge in [-0.25, -0.2) is 0 Å². The molecule has 1 heterocycles. The van der Waals surface area contributed by atoms with Gasteiger partial charge in [-0.2, -0.15) is 0 Å². The lowest BCUT2D eigenvalue weighted by Gasteiger charge is -2.28. The minimum atomic E-state index is -0.0818. The van der Waals surface area contributed by atoms with Crippen LogP contribution in [0.3, 0.4) is 0 Å². The number of rotatable bonds is 5. The van der Waals surface area contributed by atoms with Crippen molar-refractivity contribution in [1.82, 2.24) is 4.98 Å². The molecule has 0 bridgehead atoms. The van der Waals surface area contributed by atoms with Crippen LogP contribution < -0.4 is 4.90 Å². The second-order valence-corrected chi connectivity index (χ2v) is 15.3. The van der Waals surface area contributed by atoms with Crippen molar-refractivity contribution in [3.05, 3.63) is 156 Å². The van der Waals surface area contributed by atoms with Crippen LogP contribution in [-0.4, -0.2) is 4.98 Å². The monoisotopic (exact) mass is 610 g/mol. The molecule has 0 saturated heterocycles. The molecule has 6 aromatic rings. The Morgan fingerprint density at radius 2 is 1.09 bits per heavy atom. The molecule has 0 aliphatic heterocycles. The van der Waals surface area contributed by atoms with Crippen LogP contribution in [0.15, 0.2) is 134 Å². The topological polar surface area (TPSA) is 16.1 Å². The van der Waals surface area contributed by atoms with E-state index in [1.807, 2.05) is 0 Å². The van der Waals surface area contributed by atoms with E-state index in [1.165, 1.54) is 44.5 Å². The molecular weight excluding hydrogens is 569 g/mol. The Hall–Kier alpha value is -4.95. The lowest BCUT2D eigenvalue weighted by molar-refractivity contribution is 0.403. The molecular formula is C45H42N2. The highest BCUT2D eigenvalue weighted by atomic mass is 15.1. The summed E-state index contributed by atoms with van der Waals surface area (Å²) in [6.45, 7) is 14.1. The molecule has 0 fully saturated rings. The van der Waals surface area contributed by atoms with Crippen molar-refractivity contribution in [3.8, 4) is 33.5 Å². The SMILES string of the molecule is CC1(C)CC(C)(C)c2cc(-c3cccc(N(c4ccc(-c5ccccc5)cc4)c4ccc5c(c4)C(C)(C)c4ccccc4-5)c3)ncc21. The average Bonchev–Trinajstić information content (AvgIpc) is 3.42. The Bertz CT molecular complexity index is 2130. The number of hydrogen-bond acceptors (Lipinski definition) is 2. The number of benzene rings is 5. The second-order valence-electron chi connectivity index (χ2n) is 15.3. The summed E-state index contributed by atoms with van der Waals surface area (Å²) < 4.78 is 0. The van der Waals surface area contributed by atoms with Crippen LogP contribution in [-0.2, 0) is 16.2 Å². The molecule has 232 valence electrons. The Balaban J connectivity index is 1.26. The molecule has 0 saturated carbocycles. The van der Waals surface area contributed by atoms with E-state index < -0.39 is 0 Å². The second kappa shape index (κ2) is 10.5. The van der Waals surface area contributed by atoms with Gasteiger partial charge in [0, 0.05) is 34.2 Å². The van der Waals surface area contributed by atoms with Crippen molar-refractivity contribution in [1.29, 1.82) is 0 Å². The van der Waals surface area contributed by atoms with Crippen molar-refractivity contribution < 1.29 is 0 Å². The highest BCUT2D eigenvalue weighted by Gasteiger charge is 2.42. The summed E-state index contributed by atoms with van der Waals surface area (Å²) >= 11 is 0. The zero-order valence-corrected chi connectivity index (χ0v) is 28.3. The zero-order valence-electron chi connectivity index (χ0n) is 28.3. The third-order valence-corrected chi connectivity index (χ3v) is 10.7. The predicted octanol–water partition coefficient (Wildman–Crippen LogP) is 12.2. The van der Waals surface area contributed by atoms with Gasteiger partial charge in [0.2, 0.25) is 0 Å². The standard InChI is InChI=1S/C45H42N2/c1-43(2)29-44(3,4)41-28-46-42(27-40(41)43)32-15-12-16-34(25-32)47(33-21-19-31(20-22-33)30-13-8-7-9-14-30)35-23-24-37-36-17-10-11-18-38(36)45(5,6)39(37)26-35/h7-28H,29H2,1-6H3. The maximum atomic E-state index is 5.04. The van der Waals surface area contributed by atoms with Gasteiger partial charge < -0.3 is 4.90 Å². The van der Waals surface area contributed by atoms with Gasteiger partial charge in [0.05, 0.1) is 5.69 Å².